The molecule has 156 valence electrons. The van der Waals surface area contributed by atoms with Crippen molar-refractivity contribution in [3.63, 3.8) is 0 Å². The molecule has 6 heteroatoms. The number of methoxy groups -OCH3 is 1. The first-order valence-corrected chi connectivity index (χ1v) is 10.1. The second-order valence-electron chi connectivity index (χ2n) is 7.88. The summed E-state index contributed by atoms with van der Waals surface area (Å²) in [7, 11) is 1.60. The number of aliphatic hydroxyl groups is 1. The van der Waals surface area contributed by atoms with Crippen LogP contribution in [0.25, 0.3) is 0 Å². The molecular formula is C23H31N3O3. The van der Waals surface area contributed by atoms with E-state index in [9.17, 15) is 9.90 Å². The van der Waals surface area contributed by atoms with Crippen molar-refractivity contribution in [2.45, 2.75) is 31.8 Å². The van der Waals surface area contributed by atoms with Crippen molar-refractivity contribution >= 4 is 11.7 Å². The van der Waals surface area contributed by atoms with Crippen LogP contribution in [0.4, 0.5) is 10.5 Å². The van der Waals surface area contributed by atoms with Crippen molar-refractivity contribution < 1.29 is 14.6 Å². The zero-order valence-corrected chi connectivity index (χ0v) is 17.3. The molecule has 0 saturated carbocycles. The number of hydrogen-bond acceptors (Lipinski definition) is 4. The number of benzene rings is 2. The molecule has 2 aromatic rings. The van der Waals surface area contributed by atoms with Gasteiger partial charge < -0.3 is 25.4 Å². The number of amides is 2. The number of nitrogens with zero attached hydrogens (tertiary/aromatic N) is 1. The normalized spacial score (nSPS) is 21.0. The molecule has 0 aliphatic carbocycles. The zero-order chi connectivity index (χ0) is 20.8. The lowest BCUT2D eigenvalue weighted by Crippen LogP contribution is -2.69. The Labute approximate surface area is 172 Å². The summed E-state index contributed by atoms with van der Waals surface area (Å²) in [5, 5.41) is 16.5. The minimum atomic E-state index is -0.256. The van der Waals surface area contributed by atoms with Gasteiger partial charge in [0.1, 0.15) is 5.75 Å². The summed E-state index contributed by atoms with van der Waals surface area (Å²) in [6.07, 6.45) is 0. The maximum atomic E-state index is 13.1. The number of rotatable bonds is 8. The summed E-state index contributed by atoms with van der Waals surface area (Å²) in [6, 6.07) is 16.9. The molecular weight excluding hydrogens is 366 g/mol. The maximum Gasteiger partial charge on any atom is 0.322 e. The van der Waals surface area contributed by atoms with Gasteiger partial charge >= 0.3 is 6.03 Å². The van der Waals surface area contributed by atoms with Crippen LogP contribution < -0.4 is 15.4 Å². The highest BCUT2D eigenvalue weighted by Gasteiger charge is 2.50. The first-order chi connectivity index (χ1) is 14.0. The molecule has 3 rings (SSSR count). The van der Waals surface area contributed by atoms with Crippen LogP contribution in [0.15, 0.2) is 54.6 Å². The van der Waals surface area contributed by atoms with E-state index in [0.29, 0.717) is 23.9 Å². The molecule has 3 N–H and O–H groups in total. The highest BCUT2D eigenvalue weighted by Crippen LogP contribution is 2.40. The first kappa shape index (κ1) is 21.1. The number of carbonyl (C=O) groups is 1. The molecule has 1 heterocycles. The number of urea groups is 1. The average Bonchev–Trinajstić information content (AvgIpc) is 2.70. The molecule has 0 unspecified atom stereocenters. The van der Waals surface area contributed by atoms with Crippen LogP contribution in [0.3, 0.4) is 0 Å². The molecule has 29 heavy (non-hydrogen) atoms. The van der Waals surface area contributed by atoms with Crippen molar-refractivity contribution in [1.29, 1.82) is 0 Å². The van der Waals surface area contributed by atoms with E-state index < -0.39 is 0 Å². The Morgan fingerprint density at radius 1 is 1.14 bits per heavy atom. The highest BCUT2D eigenvalue weighted by atomic mass is 16.5. The van der Waals surface area contributed by atoms with Gasteiger partial charge in [-0.15, -0.1) is 0 Å². The molecule has 3 atom stereocenters. The molecule has 2 aromatic carbocycles. The van der Waals surface area contributed by atoms with Crippen molar-refractivity contribution in [2.75, 3.05) is 32.1 Å². The number of nitrogens with one attached hydrogen (secondary N) is 2. The standard InChI is InChI=1S/C23H31N3O3/c1-16(2)13-24-14-20-22(17-8-5-4-6-9-17)21(15-27)26(20)23(28)25-18-10-7-11-19(12-18)29-3/h4-12,16,20-22,24,27H,13-15H2,1-3H3,(H,25,28)/t20-,21-,22+/m1/s1. The molecule has 1 saturated heterocycles. The molecule has 1 aliphatic rings. The Hall–Kier alpha value is -2.57. The van der Waals surface area contributed by atoms with E-state index in [0.717, 1.165) is 12.1 Å². The first-order valence-electron chi connectivity index (χ1n) is 10.1. The second kappa shape index (κ2) is 9.76. The Morgan fingerprint density at radius 2 is 1.90 bits per heavy atom. The molecule has 0 aromatic heterocycles. The van der Waals surface area contributed by atoms with Gasteiger partial charge in [0, 0.05) is 24.2 Å². The predicted octanol–water partition coefficient (Wildman–Crippen LogP) is 3.30. The van der Waals surface area contributed by atoms with E-state index in [4.69, 9.17) is 4.74 Å². The van der Waals surface area contributed by atoms with Crippen LogP contribution >= 0.6 is 0 Å². The molecule has 0 radical (unpaired) electrons. The third-order valence-electron chi connectivity index (χ3n) is 5.38. The van der Waals surface area contributed by atoms with Crippen molar-refractivity contribution in [3.8, 4) is 5.75 Å². The lowest BCUT2D eigenvalue weighted by atomic mass is 9.75. The fourth-order valence-electron chi connectivity index (χ4n) is 4.00. The summed E-state index contributed by atoms with van der Waals surface area (Å²) in [5.74, 6) is 1.30. The number of hydrogen-bond donors (Lipinski definition) is 3. The van der Waals surface area contributed by atoms with Crippen LogP contribution in [-0.4, -0.2) is 54.9 Å². The number of ether oxygens (including phenoxy) is 1. The summed E-state index contributed by atoms with van der Waals surface area (Å²) < 4.78 is 5.24. The van der Waals surface area contributed by atoms with Crippen LogP contribution in [0.5, 0.6) is 5.75 Å². The van der Waals surface area contributed by atoms with Gasteiger partial charge in [-0.05, 0) is 30.2 Å². The lowest BCUT2D eigenvalue weighted by Gasteiger charge is -2.54. The molecule has 2 amide bonds. The largest absolute Gasteiger partial charge is 0.497 e. The van der Waals surface area contributed by atoms with Crippen molar-refractivity contribution in [1.82, 2.24) is 10.2 Å². The van der Waals surface area contributed by atoms with E-state index in [1.165, 1.54) is 0 Å². The fraction of sp³-hybridized carbons (Fsp3) is 0.435. The highest BCUT2D eigenvalue weighted by molar-refractivity contribution is 5.91. The SMILES string of the molecule is COc1cccc(NC(=O)N2[C@H](CO)[C@@H](c3ccccc3)[C@H]2CNCC(C)C)c1. The summed E-state index contributed by atoms with van der Waals surface area (Å²) in [6.45, 7) is 5.80. The van der Waals surface area contributed by atoms with Crippen molar-refractivity contribution in [2.24, 2.45) is 5.92 Å². The number of carbonyl (C=O) groups excluding carboxylic acids is 1. The lowest BCUT2D eigenvalue weighted by molar-refractivity contribution is -0.00252. The molecule has 1 aliphatic heterocycles. The third kappa shape index (κ3) is 4.89. The zero-order valence-electron chi connectivity index (χ0n) is 17.3. The monoisotopic (exact) mass is 397 g/mol. The van der Waals surface area contributed by atoms with Crippen LogP contribution in [0.2, 0.25) is 0 Å². The van der Waals surface area contributed by atoms with Gasteiger partial charge in [-0.1, -0.05) is 50.2 Å². The minimum absolute atomic E-state index is 0.0288. The number of likely N-dealkylation sites (tertiary alicyclic amines) is 1. The molecule has 0 bridgehead atoms. The van der Waals surface area contributed by atoms with E-state index >= 15 is 0 Å². The van der Waals surface area contributed by atoms with Gasteiger partial charge in [0.15, 0.2) is 0 Å². The van der Waals surface area contributed by atoms with Gasteiger partial charge in [-0.2, -0.15) is 0 Å². The van der Waals surface area contributed by atoms with E-state index in [-0.39, 0.29) is 30.6 Å². The quantitative estimate of drug-likeness (QED) is 0.639. The van der Waals surface area contributed by atoms with Gasteiger partial charge in [0.05, 0.1) is 25.8 Å². The summed E-state index contributed by atoms with van der Waals surface area (Å²) in [4.78, 5) is 14.9. The predicted molar refractivity (Wildman–Crippen MR) is 115 cm³/mol. The number of anilines is 1. The van der Waals surface area contributed by atoms with E-state index in [1.807, 2.05) is 36.4 Å². The van der Waals surface area contributed by atoms with E-state index in [2.05, 4.69) is 36.6 Å². The van der Waals surface area contributed by atoms with Crippen molar-refractivity contribution in [3.05, 3.63) is 60.2 Å². The van der Waals surface area contributed by atoms with Gasteiger partial charge in [-0.25, -0.2) is 4.79 Å². The van der Waals surface area contributed by atoms with Crippen LogP contribution in [0, 0.1) is 5.92 Å². The Morgan fingerprint density at radius 3 is 2.55 bits per heavy atom. The molecule has 0 spiro atoms. The summed E-state index contributed by atoms with van der Waals surface area (Å²) >= 11 is 0. The van der Waals surface area contributed by atoms with Crippen LogP contribution in [-0.2, 0) is 0 Å². The number of aliphatic hydroxyl groups excluding tert-OH is 1. The van der Waals surface area contributed by atoms with E-state index in [1.54, 1.807) is 18.1 Å². The smallest absolute Gasteiger partial charge is 0.322 e. The third-order valence-corrected chi connectivity index (χ3v) is 5.38. The Bertz CT molecular complexity index is 797. The van der Waals surface area contributed by atoms with Gasteiger partial charge in [0.2, 0.25) is 0 Å². The summed E-state index contributed by atoms with van der Waals surface area (Å²) in [5.41, 5.74) is 1.82. The Balaban J connectivity index is 1.78. The topological polar surface area (TPSA) is 73.8 Å². The van der Waals surface area contributed by atoms with Gasteiger partial charge in [-0.3, -0.25) is 0 Å². The Kier molecular flexibility index (Phi) is 7.12. The van der Waals surface area contributed by atoms with Gasteiger partial charge in [0.25, 0.3) is 0 Å². The molecule has 1 fully saturated rings. The average molecular weight is 398 g/mol. The second-order valence-corrected chi connectivity index (χ2v) is 7.88. The maximum absolute atomic E-state index is 13.1. The minimum Gasteiger partial charge on any atom is -0.497 e. The molecule has 6 nitrogen and oxygen atoms in total. The van der Waals surface area contributed by atoms with Crippen LogP contribution in [0.1, 0.15) is 25.3 Å². The fourth-order valence-corrected chi connectivity index (χ4v) is 4.00.